The van der Waals surface area contributed by atoms with Crippen molar-refractivity contribution in [3.8, 4) is 0 Å². The van der Waals surface area contributed by atoms with E-state index in [9.17, 15) is 9.90 Å². The molecule has 4 nitrogen and oxygen atoms in total. The first kappa shape index (κ1) is 17.8. The molecule has 98 valence electrons. The van der Waals surface area contributed by atoms with Gasteiger partial charge in [0.1, 0.15) is 11.8 Å². The molecule has 0 unspecified atom stereocenters. The lowest BCUT2D eigenvalue weighted by Crippen LogP contribution is -2.30. The summed E-state index contributed by atoms with van der Waals surface area (Å²) < 4.78 is 0. The number of aliphatic carboxylic acids is 1. The number of hydrogen-bond donors (Lipinski definition) is 3. The first-order valence-corrected chi connectivity index (χ1v) is 5.56. The summed E-state index contributed by atoms with van der Waals surface area (Å²) in [4.78, 5) is 10.5. The molecule has 0 bridgehead atoms. The fraction of sp³-hybridized carbons (Fsp3) is 0.462. The van der Waals surface area contributed by atoms with E-state index in [1.807, 2.05) is 13.8 Å². The topological polar surface area (TPSA) is 83.5 Å². The highest BCUT2D eigenvalue weighted by atomic mass is 16.4. The van der Waals surface area contributed by atoms with Gasteiger partial charge in [0.05, 0.1) is 0 Å². The van der Waals surface area contributed by atoms with E-state index >= 15 is 0 Å². The van der Waals surface area contributed by atoms with Gasteiger partial charge in [0.2, 0.25) is 0 Å². The van der Waals surface area contributed by atoms with Crippen molar-refractivity contribution >= 4 is 5.97 Å². The van der Waals surface area contributed by atoms with Crippen LogP contribution < -0.4 is 5.73 Å². The smallest absolute Gasteiger partial charge is 0.320 e. The Hall–Kier alpha value is -1.55. The number of nitrogens with two attached hydrogens (primary N) is 1. The highest BCUT2D eigenvalue weighted by Gasteiger charge is 2.12. The molecule has 1 atom stereocenters. The number of aliphatic hydroxyl groups excluding tert-OH is 1. The Morgan fingerprint density at radius 3 is 2.12 bits per heavy atom. The van der Waals surface area contributed by atoms with Crippen LogP contribution in [0.15, 0.2) is 35.6 Å². The van der Waals surface area contributed by atoms with Crippen LogP contribution in [-0.2, 0) is 4.79 Å². The number of rotatable bonds is 5. The maximum absolute atomic E-state index is 10.5. The van der Waals surface area contributed by atoms with Gasteiger partial charge in [-0.05, 0) is 37.5 Å². The number of carboxylic acid groups (broad SMARTS) is 1. The third-order valence-corrected chi connectivity index (χ3v) is 1.87. The summed E-state index contributed by atoms with van der Waals surface area (Å²) in [6.07, 6.45) is 3.11. The second-order valence-corrected chi connectivity index (χ2v) is 3.46. The van der Waals surface area contributed by atoms with Crippen LogP contribution in [0.3, 0.4) is 0 Å². The highest BCUT2D eigenvalue weighted by molar-refractivity contribution is 5.73. The van der Waals surface area contributed by atoms with Crippen LogP contribution in [0.2, 0.25) is 0 Å². The van der Waals surface area contributed by atoms with E-state index in [0.717, 1.165) is 5.57 Å². The number of carbonyl (C=O) groups is 1. The van der Waals surface area contributed by atoms with Gasteiger partial charge >= 0.3 is 5.97 Å². The summed E-state index contributed by atoms with van der Waals surface area (Å²) in [5, 5.41) is 18.1. The largest absolute Gasteiger partial charge is 0.508 e. The molecule has 0 spiro atoms. The monoisotopic (exact) mass is 241 g/mol. The van der Waals surface area contributed by atoms with Gasteiger partial charge < -0.3 is 15.9 Å². The van der Waals surface area contributed by atoms with E-state index in [4.69, 9.17) is 10.8 Å². The first-order valence-electron chi connectivity index (χ1n) is 5.56. The van der Waals surface area contributed by atoms with Crippen molar-refractivity contribution in [1.82, 2.24) is 0 Å². The van der Waals surface area contributed by atoms with Crippen molar-refractivity contribution in [3.05, 3.63) is 35.6 Å². The number of carboxylic acids is 1. The van der Waals surface area contributed by atoms with Gasteiger partial charge in [0.25, 0.3) is 0 Å². The van der Waals surface area contributed by atoms with Crippen LogP contribution in [0.4, 0.5) is 0 Å². The molecule has 0 saturated carbocycles. The quantitative estimate of drug-likeness (QED) is 0.510. The van der Waals surface area contributed by atoms with E-state index in [1.54, 1.807) is 13.8 Å². The van der Waals surface area contributed by atoms with Crippen LogP contribution in [-0.4, -0.2) is 22.2 Å². The fourth-order valence-corrected chi connectivity index (χ4v) is 0.862. The summed E-state index contributed by atoms with van der Waals surface area (Å²) >= 11 is 0. The van der Waals surface area contributed by atoms with Crippen LogP contribution in [0.5, 0.6) is 0 Å². The van der Waals surface area contributed by atoms with E-state index in [2.05, 4.69) is 6.58 Å². The zero-order valence-electron chi connectivity index (χ0n) is 11.0. The van der Waals surface area contributed by atoms with Crippen molar-refractivity contribution in [3.63, 3.8) is 0 Å². The van der Waals surface area contributed by atoms with Gasteiger partial charge in [-0.25, -0.2) is 0 Å². The van der Waals surface area contributed by atoms with Crippen LogP contribution in [0.1, 0.15) is 34.1 Å². The van der Waals surface area contributed by atoms with Crippen LogP contribution >= 0.6 is 0 Å². The van der Waals surface area contributed by atoms with Gasteiger partial charge in [-0.1, -0.05) is 26.5 Å². The zero-order chi connectivity index (χ0) is 14.0. The van der Waals surface area contributed by atoms with Crippen LogP contribution in [0, 0.1) is 0 Å². The molecule has 0 saturated heterocycles. The van der Waals surface area contributed by atoms with Gasteiger partial charge in [-0.3, -0.25) is 4.79 Å². The lowest BCUT2D eigenvalue weighted by molar-refractivity contribution is -0.138. The van der Waals surface area contributed by atoms with E-state index in [-0.39, 0.29) is 12.2 Å². The predicted molar refractivity (Wildman–Crippen MR) is 70.9 cm³/mol. The summed E-state index contributed by atoms with van der Waals surface area (Å²) in [5.74, 6) is -0.957. The minimum atomic E-state index is -1.07. The minimum absolute atomic E-state index is 0.113. The predicted octanol–water partition coefficient (Wildman–Crippen LogP) is 2.78. The molecular formula is C13H23NO3. The standard InChI is InChI=1S/C11H17NO3.C2H6/c1-4-8(5-9(12)11(14)15)6-10(13)7(2)3;1-2/h4,6,9,13H,1,5,12H2,2-3H3,(H,14,15);1-2H3/b8-6+;/t9-;/m0./s1. The van der Waals surface area contributed by atoms with Crippen molar-refractivity contribution in [2.45, 2.75) is 40.2 Å². The molecule has 0 radical (unpaired) electrons. The first-order chi connectivity index (χ1) is 7.88. The Morgan fingerprint density at radius 2 is 1.82 bits per heavy atom. The number of aliphatic hydroxyl groups is 1. The van der Waals surface area contributed by atoms with Gasteiger partial charge in [-0.2, -0.15) is 0 Å². The summed E-state index contributed by atoms with van der Waals surface area (Å²) in [5.41, 5.74) is 6.71. The van der Waals surface area contributed by atoms with Crippen molar-refractivity contribution in [2.75, 3.05) is 0 Å². The maximum atomic E-state index is 10.5. The Labute approximate surface area is 103 Å². The van der Waals surface area contributed by atoms with Crippen molar-refractivity contribution in [1.29, 1.82) is 0 Å². The Bertz CT molecular complexity index is 313. The Balaban J connectivity index is 0. The average molecular weight is 241 g/mol. The summed E-state index contributed by atoms with van der Waals surface area (Å²) in [7, 11) is 0. The lowest BCUT2D eigenvalue weighted by Gasteiger charge is -2.07. The molecular weight excluding hydrogens is 218 g/mol. The number of hydrogen-bond acceptors (Lipinski definition) is 3. The minimum Gasteiger partial charge on any atom is -0.508 e. The molecule has 0 aromatic rings. The van der Waals surface area contributed by atoms with E-state index in [0.29, 0.717) is 5.57 Å². The van der Waals surface area contributed by atoms with E-state index < -0.39 is 12.0 Å². The molecule has 4 heteroatoms. The molecule has 0 aromatic carbocycles. The van der Waals surface area contributed by atoms with Gasteiger partial charge in [0, 0.05) is 0 Å². The SMILES string of the molecule is C=C/C(=C\C(O)=C(C)C)C[C@H](N)C(=O)O.CC. The molecule has 0 aliphatic rings. The van der Waals surface area contributed by atoms with E-state index in [1.165, 1.54) is 12.2 Å². The molecule has 0 fully saturated rings. The molecule has 0 rings (SSSR count). The molecule has 0 heterocycles. The fourth-order valence-electron chi connectivity index (χ4n) is 0.862. The molecule has 0 aliphatic carbocycles. The lowest BCUT2D eigenvalue weighted by atomic mass is 10.1. The highest BCUT2D eigenvalue weighted by Crippen LogP contribution is 2.11. The third kappa shape index (κ3) is 8.28. The maximum Gasteiger partial charge on any atom is 0.320 e. The van der Waals surface area contributed by atoms with Crippen molar-refractivity contribution in [2.24, 2.45) is 5.73 Å². The normalized spacial score (nSPS) is 11.9. The molecule has 17 heavy (non-hydrogen) atoms. The molecule has 4 N–H and O–H groups in total. The average Bonchev–Trinajstić information content (AvgIpc) is 2.30. The van der Waals surface area contributed by atoms with Crippen LogP contribution in [0.25, 0.3) is 0 Å². The third-order valence-electron chi connectivity index (χ3n) is 1.87. The Kier molecular flexibility index (Phi) is 10.1. The second kappa shape index (κ2) is 9.66. The summed E-state index contributed by atoms with van der Waals surface area (Å²) in [6.45, 7) is 11.0. The van der Waals surface area contributed by atoms with Gasteiger partial charge in [0.15, 0.2) is 0 Å². The van der Waals surface area contributed by atoms with Gasteiger partial charge in [-0.15, -0.1) is 0 Å². The van der Waals surface area contributed by atoms with Crippen molar-refractivity contribution < 1.29 is 15.0 Å². The Morgan fingerprint density at radius 1 is 1.35 bits per heavy atom. The molecule has 0 amide bonds. The second-order valence-electron chi connectivity index (χ2n) is 3.46. The molecule has 0 aliphatic heterocycles. The number of allylic oxidation sites excluding steroid dienone is 3. The zero-order valence-corrected chi connectivity index (χ0v) is 11.0. The molecule has 0 aromatic heterocycles. The summed E-state index contributed by atoms with van der Waals surface area (Å²) in [6, 6.07) is -0.973.